The van der Waals surface area contributed by atoms with Gasteiger partial charge in [0.25, 0.3) is 0 Å². The first-order valence-electron chi connectivity index (χ1n) is 4.78. The summed E-state index contributed by atoms with van der Waals surface area (Å²) in [4.78, 5) is 0. The number of hydrogen-bond donors (Lipinski definition) is 2. The summed E-state index contributed by atoms with van der Waals surface area (Å²) in [5.41, 5.74) is 0. The molecule has 2 fully saturated rings. The molecule has 0 aromatic carbocycles. The lowest BCUT2D eigenvalue weighted by Gasteiger charge is -2.38. The second-order valence-corrected chi connectivity index (χ2v) is 3.93. The molecule has 0 amide bonds. The predicted octanol–water partition coefficient (Wildman–Crippen LogP) is 1.32. The number of hydrogen-bond acceptors (Lipinski definition) is 2. The summed E-state index contributed by atoms with van der Waals surface area (Å²) in [6.45, 7) is 1.19. The number of nitrogens with one attached hydrogen (secondary N) is 1. The summed E-state index contributed by atoms with van der Waals surface area (Å²) in [5, 5.41) is 13.0. The minimum atomic E-state index is -0.00356. The largest absolute Gasteiger partial charge is 0.393 e. The second-order valence-electron chi connectivity index (χ2n) is 3.93. The van der Waals surface area contributed by atoms with Crippen molar-refractivity contribution >= 4 is 12.4 Å². The van der Waals surface area contributed by atoms with E-state index in [0.717, 1.165) is 24.8 Å². The van der Waals surface area contributed by atoms with Crippen LogP contribution in [0.15, 0.2) is 0 Å². The van der Waals surface area contributed by atoms with Gasteiger partial charge in [-0.2, -0.15) is 0 Å². The van der Waals surface area contributed by atoms with Crippen molar-refractivity contribution in [1.29, 1.82) is 0 Å². The molecule has 1 saturated heterocycles. The van der Waals surface area contributed by atoms with Crippen LogP contribution < -0.4 is 5.32 Å². The third-order valence-corrected chi connectivity index (χ3v) is 3.11. The molecular formula is C9H18ClNO. The molecule has 1 aliphatic carbocycles. The number of halogens is 1. The van der Waals surface area contributed by atoms with Crippen molar-refractivity contribution in [3.05, 3.63) is 0 Å². The third-order valence-electron chi connectivity index (χ3n) is 3.11. The smallest absolute Gasteiger partial charge is 0.0544 e. The topological polar surface area (TPSA) is 32.3 Å². The molecule has 1 saturated carbocycles. The van der Waals surface area contributed by atoms with Crippen LogP contribution in [0.1, 0.15) is 32.1 Å². The molecule has 3 heteroatoms. The normalized spacial score (nSPS) is 41.2. The number of piperidine rings is 1. The van der Waals surface area contributed by atoms with Crippen LogP contribution in [0.3, 0.4) is 0 Å². The van der Waals surface area contributed by atoms with E-state index in [9.17, 15) is 5.11 Å². The van der Waals surface area contributed by atoms with Gasteiger partial charge in [-0.25, -0.2) is 0 Å². The van der Waals surface area contributed by atoms with Gasteiger partial charge in [-0.1, -0.05) is 0 Å². The van der Waals surface area contributed by atoms with Gasteiger partial charge in [0, 0.05) is 6.04 Å². The van der Waals surface area contributed by atoms with Gasteiger partial charge < -0.3 is 10.4 Å². The Balaban J connectivity index is 0.000000720. The Morgan fingerprint density at radius 2 is 2.00 bits per heavy atom. The Kier molecular flexibility index (Phi) is 3.81. The molecule has 2 N–H and O–H groups in total. The average molecular weight is 192 g/mol. The molecule has 0 aromatic rings. The maximum absolute atomic E-state index is 9.42. The average Bonchev–Trinajstić information content (AvgIpc) is 2.04. The lowest BCUT2D eigenvalue weighted by molar-refractivity contribution is 0.0679. The highest BCUT2D eigenvalue weighted by Crippen LogP contribution is 2.30. The minimum absolute atomic E-state index is 0. The van der Waals surface area contributed by atoms with E-state index >= 15 is 0 Å². The van der Waals surface area contributed by atoms with E-state index < -0.39 is 0 Å². The van der Waals surface area contributed by atoms with Crippen LogP contribution in [0.2, 0.25) is 0 Å². The van der Waals surface area contributed by atoms with Crippen LogP contribution in [-0.2, 0) is 0 Å². The number of rotatable bonds is 0. The van der Waals surface area contributed by atoms with E-state index in [-0.39, 0.29) is 18.5 Å². The molecule has 2 nitrogen and oxygen atoms in total. The Hall–Kier alpha value is 0.210. The molecule has 3 atom stereocenters. The van der Waals surface area contributed by atoms with Gasteiger partial charge in [0.05, 0.1) is 6.10 Å². The molecule has 0 bridgehead atoms. The van der Waals surface area contributed by atoms with Crippen molar-refractivity contribution in [2.45, 2.75) is 44.2 Å². The fourth-order valence-electron chi connectivity index (χ4n) is 2.48. The first-order chi connectivity index (χ1) is 5.36. The summed E-state index contributed by atoms with van der Waals surface area (Å²) in [7, 11) is 0. The van der Waals surface area contributed by atoms with Crippen molar-refractivity contribution < 1.29 is 5.11 Å². The lowest BCUT2D eigenvalue weighted by atomic mass is 9.78. The maximum Gasteiger partial charge on any atom is 0.0544 e. The monoisotopic (exact) mass is 191 g/mol. The van der Waals surface area contributed by atoms with E-state index in [4.69, 9.17) is 0 Å². The van der Waals surface area contributed by atoms with Crippen LogP contribution in [0, 0.1) is 5.92 Å². The quantitative estimate of drug-likeness (QED) is 0.606. The van der Waals surface area contributed by atoms with Crippen molar-refractivity contribution in [2.24, 2.45) is 5.92 Å². The summed E-state index contributed by atoms with van der Waals surface area (Å²) in [6.07, 6.45) is 5.86. The highest BCUT2D eigenvalue weighted by Gasteiger charge is 2.30. The molecule has 1 heterocycles. The predicted molar refractivity (Wildman–Crippen MR) is 51.6 cm³/mol. The Labute approximate surface area is 80.1 Å². The molecule has 72 valence electrons. The maximum atomic E-state index is 9.42. The zero-order valence-corrected chi connectivity index (χ0v) is 8.15. The fraction of sp³-hybridized carbons (Fsp3) is 1.00. The molecule has 0 radical (unpaired) electrons. The van der Waals surface area contributed by atoms with Gasteiger partial charge in [-0.3, -0.25) is 0 Å². The molecule has 0 spiro atoms. The zero-order valence-electron chi connectivity index (χ0n) is 7.33. The van der Waals surface area contributed by atoms with Gasteiger partial charge in [-0.05, 0) is 44.6 Å². The standard InChI is InChI=1S/C9H17NO.ClH/c11-8-3-4-9-7(6-8)2-1-5-10-9;/h7-11H,1-6H2;1H. The minimum Gasteiger partial charge on any atom is -0.393 e. The van der Waals surface area contributed by atoms with Crippen LogP contribution in [-0.4, -0.2) is 23.8 Å². The van der Waals surface area contributed by atoms with Crippen molar-refractivity contribution in [3.63, 3.8) is 0 Å². The molecule has 1 aliphatic heterocycles. The van der Waals surface area contributed by atoms with Crippen molar-refractivity contribution in [3.8, 4) is 0 Å². The van der Waals surface area contributed by atoms with Gasteiger partial charge in [0.1, 0.15) is 0 Å². The van der Waals surface area contributed by atoms with Crippen LogP contribution in [0.4, 0.5) is 0 Å². The van der Waals surface area contributed by atoms with Crippen molar-refractivity contribution in [1.82, 2.24) is 5.32 Å². The fourth-order valence-corrected chi connectivity index (χ4v) is 2.48. The summed E-state index contributed by atoms with van der Waals surface area (Å²) in [6, 6.07) is 0.729. The van der Waals surface area contributed by atoms with E-state index in [1.54, 1.807) is 0 Å². The first-order valence-corrected chi connectivity index (χ1v) is 4.78. The van der Waals surface area contributed by atoms with Gasteiger partial charge in [-0.15, -0.1) is 12.4 Å². The van der Waals surface area contributed by atoms with Gasteiger partial charge in [0.2, 0.25) is 0 Å². The van der Waals surface area contributed by atoms with Gasteiger partial charge in [0.15, 0.2) is 0 Å². The summed E-state index contributed by atoms with van der Waals surface area (Å²) < 4.78 is 0. The van der Waals surface area contributed by atoms with E-state index in [0.29, 0.717) is 0 Å². The third kappa shape index (κ3) is 2.12. The molecule has 2 rings (SSSR count). The number of fused-ring (bicyclic) bond motifs is 1. The second kappa shape index (κ2) is 4.45. The highest BCUT2D eigenvalue weighted by atomic mass is 35.5. The summed E-state index contributed by atoms with van der Waals surface area (Å²) in [5.74, 6) is 0.771. The Bertz CT molecular complexity index is 142. The van der Waals surface area contributed by atoms with E-state index in [1.165, 1.54) is 25.8 Å². The highest BCUT2D eigenvalue weighted by molar-refractivity contribution is 5.85. The van der Waals surface area contributed by atoms with E-state index in [2.05, 4.69) is 5.32 Å². The van der Waals surface area contributed by atoms with Crippen LogP contribution in [0.25, 0.3) is 0 Å². The van der Waals surface area contributed by atoms with E-state index in [1.807, 2.05) is 0 Å². The summed E-state index contributed by atoms with van der Waals surface area (Å²) >= 11 is 0. The number of aliphatic hydroxyl groups is 1. The molecule has 2 aliphatic rings. The Morgan fingerprint density at radius 3 is 2.83 bits per heavy atom. The molecular weight excluding hydrogens is 174 g/mol. The number of aliphatic hydroxyl groups excluding tert-OH is 1. The molecule has 12 heavy (non-hydrogen) atoms. The van der Waals surface area contributed by atoms with Crippen LogP contribution >= 0.6 is 12.4 Å². The van der Waals surface area contributed by atoms with Crippen LogP contribution in [0.5, 0.6) is 0 Å². The Morgan fingerprint density at radius 1 is 1.17 bits per heavy atom. The SMILES string of the molecule is Cl.OC1CCC2NCCCC2C1. The molecule has 3 unspecified atom stereocenters. The van der Waals surface area contributed by atoms with Gasteiger partial charge >= 0.3 is 0 Å². The zero-order chi connectivity index (χ0) is 7.68. The first kappa shape index (κ1) is 10.3. The lowest BCUT2D eigenvalue weighted by Crippen LogP contribution is -2.45. The van der Waals surface area contributed by atoms with Crippen molar-refractivity contribution in [2.75, 3.05) is 6.54 Å². The molecule has 0 aromatic heterocycles.